The first-order valence-electron chi connectivity index (χ1n) is 9.92. The molecule has 1 unspecified atom stereocenters. The summed E-state index contributed by atoms with van der Waals surface area (Å²) in [5.74, 6) is -1.33. The van der Waals surface area contributed by atoms with Crippen molar-refractivity contribution in [3.05, 3.63) is 46.1 Å². The van der Waals surface area contributed by atoms with Gasteiger partial charge in [-0.25, -0.2) is 0 Å². The molecule has 11 nitrogen and oxygen atoms in total. The molecule has 3 aromatic rings. The number of rotatable bonds is 4. The van der Waals surface area contributed by atoms with Crippen LogP contribution in [0.4, 0.5) is 0 Å². The second kappa shape index (κ2) is 8.54. The van der Waals surface area contributed by atoms with Crippen molar-refractivity contribution in [3.63, 3.8) is 0 Å². The minimum atomic E-state index is -1.71. The number of aromatic hydroxyl groups is 3. The van der Waals surface area contributed by atoms with Crippen molar-refractivity contribution in [3.8, 4) is 34.3 Å². The van der Waals surface area contributed by atoms with E-state index in [0.717, 1.165) is 6.07 Å². The first kappa shape index (κ1) is 22.8. The van der Waals surface area contributed by atoms with Crippen molar-refractivity contribution in [2.24, 2.45) is 0 Å². The summed E-state index contributed by atoms with van der Waals surface area (Å²) in [7, 11) is 0. The highest BCUT2D eigenvalue weighted by Gasteiger charge is 2.45. The van der Waals surface area contributed by atoms with E-state index in [2.05, 4.69) is 0 Å². The van der Waals surface area contributed by atoms with Crippen LogP contribution in [0.3, 0.4) is 0 Å². The first-order valence-corrected chi connectivity index (χ1v) is 9.92. The highest BCUT2D eigenvalue weighted by molar-refractivity contribution is 5.90. The molecule has 1 saturated heterocycles. The number of benzene rings is 2. The number of fused-ring (bicyclic) bond motifs is 1. The summed E-state index contributed by atoms with van der Waals surface area (Å²) in [4.78, 5) is 12.8. The molecule has 11 heteroatoms. The molecular formula is C22H22O11. The summed E-state index contributed by atoms with van der Waals surface area (Å²) in [5.41, 5.74) is -0.329. The van der Waals surface area contributed by atoms with E-state index in [0.29, 0.717) is 0 Å². The number of phenolic OH excluding ortho intramolecular Hbond substituents is 3. The molecule has 0 amide bonds. The summed E-state index contributed by atoms with van der Waals surface area (Å²) < 4.78 is 16.9. The third-order valence-electron chi connectivity index (χ3n) is 5.46. The predicted octanol–water partition coefficient (Wildman–Crippen LogP) is 0.0639. The molecule has 7 N–H and O–H groups in total. The van der Waals surface area contributed by atoms with Crippen LogP contribution in [0.15, 0.2) is 39.5 Å². The van der Waals surface area contributed by atoms with E-state index in [9.17, 15) is 40.5 Å². The molecule has 0 radical (unpaired) electrons. The van der Waals surface area contributed by atoms with Crippen LogP contribution in [0.5, 0.6) is 23.0 Å². The molecule has 0 aliphatic carbocycles. The fourth-order valence-corrected chi connectivity index (χ4v) is 3.66. The van der Waals surface area contributed by atoms with Gasteiger partial charge in [0.25, 0.3) is 0 Å². The minimum absolute atomic E-state index is 0.0218. The van der Waals surface area contributed by atoms with Crippen LogP contribution in [-0.2, 0) is 4.74 Å². The quantitative estimate of drug-likeness (QED) is 0.260. The van der Waals surface area contributed by atoms with Gasteiger partial charge in [-0.15, -0.1) is 0 Å². The van der Waals surface area contributed by atoms with Crippen molar-refractivity contribution in [2.45, 2.75) is 37.6 Å². The maximum absolute atomic E-state index is 12.8. The standard InChI is InChI=1S/C22H22O11/c1-8-4-12(26)16-13(27)6-14(9-2-3-10(24)11(25)5-9)31-21(16)20(8)33-22-19(30)18(29)17(28)15(7-23)32-22/h2-6,15,17-19,22-26,28-30H,7H2,1H3/t15-,17-,18+,19-,22?/m0/s1. The van der Waals surface area contributed by atoms with Crippen molar-refractivity contribution in [1.29, 1.82) is 0 Å². The summed E-state index contributed by atoms with van der Waals surface area (Å²) in [6, 6.07) is 6.10. The third kappa shape index (κ3) is 3.96. The smallest absolute Gasteiger partial charge is 0.229 e. The van der Waals surface area contributed by atoms with Crippen LogP contribution in [0.2, 0.25) is 0 Å². The Hall–Kier alpha value is -3.35. The third-order valence-corrected chi connectivity index (χ3v) is 5.46. The number of aliphatic hydroxyl groups is 4. The van der Waals surface area contributed by atoms with Crippen molar-refractivity contribution >= 4 is 11.0 Å². The highest BCUT2D eigenvalue weighted by Crippen LogP contribution is 2.39. The lowest BCUT2D eigenvalue weighted by molar-refractivity contribution is -0.277. The molecule has 4 rings (SSSR count). The van der Waals surface area contributed by atoms with Crippen molar-refractivity contribution in [1.82, 2.24) is 0 Å². The van der Waals surface area contributed by atoms with Gasteiger partial charge in [-0.1, -0.05) is 0 Å². The zero-order valence-corrected chi connectivity index (χ0v) is 17.2. The van der Waals surface area contributed by atoms with Crippen LogP contribution in [-0.4, -0.2) is 73.1 Å². The Morgan fingerprint density at radius 3 is 2.33 bits per heavy atom. The van der Waals surface area contributed by atoms with Crippen LogP contribution in [0, 0.1) is 6.92 Å². The Morgan fingerprint density at radius 2 is 1.67 bits per heavy atom. The summed E-state index contributed by atoms with van der Waals surface area (Å²) in [6.45, 7) is 0.862. The van der Waals surface area contributed by atoms with Crippen molar-refractivity contribution < 1.29 is 49.6 Å². The van der Waals surface area contributed by atoms with Gasteiger partial charge >= 0.3 is 0 Å². The van der Waals surface area contributed by atoms with Gasteiger partial charge in [-0.2, -0.15) is 0 Å². The fourth-order valence-electron chi connectivity index (χ4n) is 3.66. The zero-order valence-electron chi connectivity index (χ0n) is 17.2. The number of ether oxygens (including phenoxy) is 2. The van der Waals surface area contributed by atoms with Gasteiger partial charge in [0.1, 0.15) is 41.3 Å². The normalized spacial score (nSPS) is 25.3. The highest BCUT2D eigenvalue weighted by atomic mass is 16.7. The molecule has 0 bridgehead atoms. The Balaban J connectivity index is 1.85. The lowest BCUT2D eigenvalue weighted by Crippen LogP contribution is -2.60. The van der Waals surface area contributed by atoms with Crippen LogP contribution in [0.1, 0.15) is 5.56 Å². The number of hydrogen-bond acceptors (Lipinski definition) is 11. The average molecular weight is 462 g/mol. The summed E-state index contributed by atoms with van der Waals surface area (Å²) >= 11 is 0. The molecule has 2 aromatic carbocycles. The van der Waals surface area contributed by atoms with Gasteiger partial charge in [-0.3, -0.25) is 4.79 Å². The fraction of sp³-hybridized carbons (Fsp3) is 0.318. The molecule has 0 spiro atoms. The van der Waals surface area contributed by atoms with Gasteiger partial charge in [0.15, 0.2) is 28.3 Å². The maximum Gasteiger partial charge on any atom is 0.229 e. The Bertz CT molecular complexity index is 1250. The van der Waals surface area contributed by atoms with E-state index in [1.807, 2.05) is 0 Å². The molecule has 176 valence electrons. The van der Waals surface area contributed by atoms with Crippen LogP contribution < -0.4 is 10.2 Å². The molecule has 2 heterocycles. The van der Waals surface area contributed by atoms with E-state index < -0.39 is 54.2 Å². The molecule has 0 saturated carbocycles. The van der Waals surface area contributed by atoms with Gasteiger partial charge in [0.2, 0.25) is 6.29 Å². The second-order valence-electron chi connectivity index (χ2n) is 7.74. The monoisotopic (exact) mass is 462 g/mol. The topological polar surface area (TPSA) is 190 Å². The van der Waals surface area contributed by atoms with E-state index in [1.54, 1.807) is 0 Å². The largest absolute Gasteiger partial charge is 0.507 e. The second-order valence-corrected chi connectivity index (χ2v) is 7.74. The zero-order chi connectivity index (χ0) is 24.0. The lowest BCUT2D eigenvalue weighted by atomic mass is 9.99. The van der Waals surface area contributed by atoms with Crippen molar-refractivity contribution in [2.75, 3.05) is 6.61 Å². The summed E-state index contributed by atoms with van der Waals surface area (Å²) in [5, 5.41) is 69.1. The summed E-state index contributed by atoms with van der Waals surface area (Å²) in [6.07, 6.45) is -7.77. The van der Waals surface area contributed by atoms with Gasteiger partial charge in [0, 0.05) is 11.6 Å². The number of phenols is 3. The van der Waals surface area contributed by atoms with E-state index >= 15 is 0 Å². The maximum atomic E-state index is 12.8. The molecule has 33 heavy (non-hydrogen) atoms. The molecule has 5 atom stereocenters. The molecule has 1 fully saturated rings. The van der Waals surface area contributed by atoms with Crippen LogP contribution >= 0.6 is 0 Å². The number of aryl methyl sites for hydroxylation is 1. The first-order chi connectivity index (χ1) is 15.6. The number of aliphatic hydroxyl groups excluding tert-OH is 4. The molecular weight excluding hydrogens is 440 g/mol. The van der Waals surface area contributed by atoms with Gasteiger partial charge < -0.3 is 49.6 Å². The predicted molar refractivity (Wildman–Crippen MR) is 112 cm³/mol. The molecule has 1 aromatic heterocycles. The van der Waals surface area contributed by atoms with E-state index in [4.69, 9.17) is 13.9 Å². The van der Waals surface area contributed by atoms with Gasteiger partial charge in [0.05, 0.1) is 6.61 Å². The minimum Gasteiger partial charge on any atom is -0.507 e. The van der Waals surface area contributed by atoms with E-state index in [1.165, 1.54) is 31.2 Å². The molecule has 1 aliphatic heterocycles. The Labute approximate surface area is 185 Å². The average Bonchev–Trinajstić information content (AvgIpc) is 2.77. The Morgan fingerprint density at radius 1 is 0.939 bits per heavy atom. The molecule has 1 aliphatic rings. The van der Waals surface area contributed by atoms with Gasteiger partial charge in [-0.05, 0) is 36.8 Å². The number of hydrogen-bond donors (Lipinski definition) is 7. The van der Waals surface area contributed by atoms with Crippen LogP contribution in [0.25, 0.3) is 22.3 Å². The SMILES string of the molecule is Cc1cc(O)c2c(=O)cc(-c3ccc(O)c(O)c3)oc2c1OC1O[C@@H](CO)[C@H](O)[C@@H](O)[C@@H]1O. The Kier molecular flexibility index (Phi) is 5.91. The van der Waals surface area contributed by atoms with E-state index in [-0.39, 0.29) is 39.4 Å². The lowest BCUT2D eigenvalue weighted by Gasteiger charge is -2.39.